The fourth-order valence-electron chi connectivity index (χ4n) is 3.59. The van der Waals surface area contributed by atoms with Gasteiger partial charge in [0.15, 0.2) is 15.8 Å². The van der Waals surface area contributed by atoms with Crippen LogP contribution in [-0.2, 0) is 11.4 Å². The molecule has 4 rings (SSSR count). The Hall–Kier alpha value is -2.92. The Morgan fingerprint density at radius 3 is 2.68 bits per heavy atom. The van der Waals surface area contributed by atoms with Gasteiger partial charge in [0.1, 0.15) is 12.4 Å². The summed E-state index contributed by atoms with van der Waals surface area (Å²) in [7, 11) is 0. The van der Waals surface area contributed by atoms with Crippen molar-refractivity contribution in [1.29, 1.82) is 0 Å². The van der Waals surface area contributed by atoms with Gasteiger partial charge in [0.05, 0.1) is 21.0 Å². The van der Waals surface area contributed by atoms with E-state index in [2.05, 4.69) is 21.4 Å². The quantitative estimate of drug-likeness (QED) is 0.211. The highest BCUT2D eigenvalue weighted by Crippen LogP contribution is 2.40. The fraction of sp³-hybridized carbons (Fsp3) is 0.148. The van der Waals surface area contributed by atoms with Crippen LogP contribution in [0.1, 0.15) is 34.0 Å². The van der Waals surface area contributed by atoms with Crippen molar-refractivity contribution in [2.75, 3.05) is 6.61 Å². The first-order valence-electron chi connectivity index (χ1n) is 11.4. The number of hydrazine groups is 1. The van der Waals surface area contributed by atoms with Crippen LogP contribution in [0, 0.1) is 12.7 Å². The van der Waals surface area contributed by atoms with Crippen molar-refractivity contribution in [3.8, 4) is 11.5 Å². The van der Waals surface area contributed by atoms with Crippen LogP contribution in [0.4, 0.5) is 4.39 Å². The maximum Gasteiger partial charge on any atom is 0.285 e. The summed E-state index contributed by atoms with van der Waals surface area (Å²) in [6, 6.07) is 14.9. The monoisotopic (exact) mass is 634 g/mol. The van der Waals surface area contributed by atoms with Crippen LogP contribution in [0.15, 0.2) is 64.0 Å². The predicted molar refractivity (Wildman–Crippen MR) is 155 cm³/mol. The number of ether oxygens (including phenoxy) is 2. The number of carbonyl (C=O) groups is 2. The smallest absolute Gasteiger partial charge is 0.285 e. The van der Waals surface area contributed by atoms with E-state index in [-0.39, 0.29) is 21.5 Å². The Morgan fingerprint density at radius 1 is 1.21 bits per heavy atom. The highest BCUT2D eigenvalue weighted by molar-refractivity contribution is 9.10. The Kier molecular flexibility index (Phi) is 9.09. The zero-order valence-corrected chi connectivity index (χ0v) is 24.2. The number of nitrogens with one attached hydrogen (secondary N) is 1. The maximum absolute atomic E-state index is 14.2. The molecule has 2 amide bonds. The molecule has 1 heterocycles. The summed E-state index contributed by atoms with van der Waals surface area (Å²) in [5.74, 6) is -0.603. The lowest BCUT2D eigenvalue weighted by Gasteiger charge is -2.16. The molecule has 11 heteroatoms. The van der Waals surface area contributed by atoms with Crippen molar-refractivity contribution >= 4 is 73.7 Å². The van der Waals surface area contributed by atoms with Crippen molar-refractivity contribution in [1.82, 2.24) is 10.4 Å². The predicted octanol–water partition coefficient (Wildman–Crippen LogP) is 7.07. The van der Waals surface area contributed by atoms with Crippen LogP contribution in [0.2, 0.25) is 5.02 Å². The van der Waals surface area contributed by atoms with Crippen LogP contribution in [0.5, 0.6) is 11.5 Å². The largest absolute Gasteiger partial charge is 0.490 e. The van der Waals surface area contributed by atoms with Gasteiger partial charge in [-0.2, -0.15) is 5.01 Å². The minimum atomic E-state index is -0.472. The van der Waals surface area contributed by atoms with Gasteiger partial charge < -0.3 is 9.47 Å². The van der Waals surface area contributed by atoms with E-state index in [0.29, 0.717) is 38.6 Å². The molecule has 0 bridgehead atoms. The van der Waals surface area contributed by atoms with Crippen molar-refractivity contribution in [3.63, 3.8) is 0 Å². The Bertz CT molecular complexity index is 1450. The molecular weight excluding hydrogens is 615 g/mol. The molecule has 0 saturated carbocycles. The second-order valence-corrected chi connectivity index (χ2v) is 11.0. The zero-order valence-electron chi connectivity index (χ0n) is 20.2. The summed E-state index contributed by atoms with van der Waals surface area (Å²) in [5, 5.41) is 1.32. The van der Waals surface area contributed by atoms with Gasteiger partial charge in [-0.05, 0) is 89.5 Å². The van der Waals surface area contributed by atoms with Crippen molar-refractivity contribution in [3.05, 3.63) is 97.1 Å². The third-order valence-corrected chi connectivity index (χ3v) is 7.69. The molecule has 0 atom stereocenters. The third kappa shape index (κ3) is 6.20. The van der Waals surface area contributed by atoms with E-state index in [1.165, 1.54) is 12.1 Å². The molecule has 0 unspecified atom stereocenters. The van der Waals surface area contributed by atoms with E-state index >= 15 is 0 Å². The van der Waals surface area contributed by atoms with Gasteiger partial charge in [-0.25, -0.2) is 4.39 Å². The Labute approximate surface area is 242 Å². The van der Waals surface area contributed by atoms with E-state index in [1.807, 2.05) is 26.0 Å². The number of nitrogens with zero attached hydrogens (tertiary/aromatic N) is 1. The number of hydrogen-bond donors (Lipinski definition) is 1. The van der Waals surface area contributed by atoms with Crippen molar-refractivity contribution < 1.29 is 23.5 Å². The zero-order chi connectivity index (χ0) is 27.4. The van der Waals surface area contributed by atoms with Crippen molar-refractivity contribution in [2.45, 2.75) is 20.5 Å². The summed E-state index contributed by atoms with van der Waals surface area (Å²) in [6.45, 7) is 3.87. The van der Waals surface area contributed by atoms with E-state index < -0.39 is 17.6 Å². The summed E-state index contributed by atoms with van der Waals surface area (Å²) < 4.78 is 26.6. The number of carbonyl (C=O) groups excluding carboxylic acids is 2. The Morgan fingerprint density at radius 2 is 1.97 bits per heavy atom. The first-order valence-corrected chi connectivity index (χ1v) is 13.8. The second-order valence-electron chi connectivity index (χ2n) is 8.02. The van der Waals surface area contributed by atoms with Gasteiger partial charge in [-0.1, -0.05) is 47.6 Å². The number of thioether (sulfide) groups is 1. The summed E-state index contributed by atoms with van der Waals surface area (Å²) in [5.41, 5.74) is 4.67. The minimum absolute atomic E-state index is 0.108. The van der Waals surface area contributed by atoms with E-state index in [1.54, 1.807) is 36.4 Å². The number of halogens is 3. The third-order valence-electron chi connectivity index (χ3n) is 5.45. The van der Waals surface area contributed by atoms with Gasteiger partial charge in [0.2, 0.25) is 0 Å². The Balaban J connectivity index is 1.56. The number of benzene rings is 3. The number of amides is 2. The number of thiocarbonyl (C=S) groups is 1. The van der Waals surface area contributed by atoms with Crippen LogP contribution in [-0.4, -0.2) is 27.8 Å². The van der Waals surface area contributed by atoms with Crippen LogP contribution in [0.3, 0.4) is 0 Å². The lowest BCUT2D eigenvalue weighted by atomic mass is 10.1. The number of rotatable bonds is 8. The lowest BCUT2D eigenvalue weighted by molar-refractivity contribution is -0.123. The standard InChI is InChI=1S/C27H21BrClFN2O4S2/c1-3-35-22-12-16(11-19(28)24(22)36-14-18-20(29)9-6-10-21(18)30)13-23-26(34)32(27(37)38-23)31-25(33)17-8-5-4-7-15(17)2/h4-13H,3,14H2,1-2H3,(H,31,33)/b23-13+. The van der Waals surface area contributed by atoms with Gasteiger partial charge >= 0.3 is 0 Å². The molecule has 6 nitrogen and oxygen atoms in total. The van der Waals surface area contributed by atoms with Gasteiger partial charge in [-0.3, -0.25) is 15.0 Å². The van der Waals surface area contributed by atoms with Gasteiger partial charge in [0.25, 0.3) is 11.8 Å². The molecule has 3 aromatic carbocycles. The fourth-order valence-corrected chi connectivity index (χ4v) is 5.56. The molecule has 196 valence electrons. The average Bonchev–Trinajstić information content (AvgIpc) is 3.12. The molecule has 0 aliphatic carbocycles. The van der Waals surface area contributed by atoms with E-state index in [9.17, 15) is 14.0 Å². The SMILES string of the molecule is CCOc1cc(/C=C2/SC(=S)N(NC(=O)c3ccccc3C)C2=O)cc(Br)c1OCc1c(F)cccc1Cl. The summed E-state index contributed by atoms with van der Waals surface area (Å²) in [6.07, 6.45) is 1.64. The molecule has 0 radical (unpaired) electrons. The first-order chi connectivity index (χ1) is 18.2. The number of aryl methyl sites for hydroxylation is 1. The molecule has 1 aliphatic heterocycles. The molecule has 1 aliphatic rings. The minimum Gasteiger partial charge on any atom is -0.490 e. The normalized spacial score (nSPS) is 14.2. The van der Waals surface area contributed by atoms with E-state index in [0.717, 1.165) is 22.3 Å². The van der Waals surface area contributed by atoms with Gasteiger partial charge in [0, 0.05) is 11.1 Å². The van der Waals surface area contributed by atoms with Crippen LogP contribution < -0.4 is 14.9 Å². The molecule has 38 heavy (non-hydrogen) atoms. The van der Waals surface area contributed by atoms with Crippen molar-refractivity contribution in [2.24, 2.45) is 0 Å². The topological polar surface area (TPSA) is 67.9 Å². The highest BCUT2D eigenvalue weighted by Gasteiger charge is 2.34. The second kappa shape index (κ2) is 12.3. The highest BCUT2D eigenvalue weighted by atomic mass is 79.9. The van der Waals surface area contributed by atoms with Gasteiger partial charge in [-0.15, -0.1) is 0 Å². The summed E-state index contributed by atoms with van der Waals surface area (Å²) >= 11 is 16.0. The summed E-state index contributed by atoms with van der Waals surface area (Å²) in [4.78, 5) is 26.1. The van der Waals surface area contributed by atoms with Crippen LogP contribution >= 0.6 is 51.5 Å². The van der Waals surface area contributed by atoms with Crippen LogP contribution in [0.25, 0.3) is 6.08 Å². The average molecular weight is 636 g/mol. The maximum atomic E-state index is 14.2. The molecule has 1 N–H and O–H groups in total. The molecule has 1 saturated heterocycles. The molecule has 0 spiro atoms. The lowest BCUT2D eigenvalue weighted by Crippen LogP contribution is -2.45. The molecule has 3 aromatic rings. The molecule has 1 fully saturated rings. The molecule has 0 aromatic heterocycles. The van der Waals surface area contributed by atoms with E-state index in [4.69, 9.17) is 33.3 Å². The molecular formula is C27H21BrClFN2O4S2. The first kappa shape index (κ1) is 28.1. The number of hydrogen-bond acceptors (Lipinski definition) is 6.